The molecule has 1 aliphatic rings. The predicted octanol–water partition coefficient (Wildman–Crippen LogP) is 2.74. The van der Waals surface area contributed by atoms with Gasteiger partial charge in [-0.1, -0.05) is 19.3 Å². The van der Waals surface area contributed by atoms with E-state index < -0.39 is 0 Å². The summed E-state index contributed by atoms with van der Waals surface area (Å²) in [7, 11) is 4.70. The van der Waals surface area contributed by atoms with E-state index >= 15 is 0 Å². The highest BCUT2D eigenvalue weighted by Crippen LogP contribution is 2.33. The van der Waals surface area contributed by atoms with Gasteiger partial charge in [0.05, 0.1) is 27.5 Å². The number of hydrazone groups is 1. The fourth-order valence-electron chi connectivity index (χ4n) is 2.78. The second-order valence-corrected chi connectivity index (χ2v) is 5.52. The number of nitrogens with zero attached hydrogens (tertiary/aromatic N) is 1. The zero-order chi connectivity index (χ0) is 16.7. The van der Waals surface area contributed by atoms with Gasteiger partial charge in [0.25, 0.3) is 0 Å². The number of carbonyl (C=O) groups excluding carboxylic acids is 1. The first-order valence-corrected chi connectivity index (χ1v) is 7.82. The first-order valence-electron chi connectivity index (χ1n) is 7.82. The Morgan fingerprint density at radius 1 is 1.04 bits per heavy atom. The quantitative estimate of drug-likeness (QED) is 0.646. The van der Waals surface area contributed by atoms with Crippen molar-refractivity contribution in [1.29, 1.82) is 0 Å². The lowest BCUT2D eigenvalue weighted by molar-refractivity contribution is -0.125. The van der Waals surface area contributed by atoms with Crippen LogP contribution in [0.4, 0.5) is 0 Å². The molecule has 0 radical (unpaired) electrons. The summed E-state index contributed by atoms with van der Waals surface area (Å²) in [6.45, 7) is 0. The fourth-order valence-corrected chi connectivity index (χ4v) is 2.78. The zero-order valence-corrected chi connectivity index (χ0v) is 13.9. The molecule has 6 heteroatoms. The van der Waals surface area contributed by atoms with Crippen molar-refractivity contribution in [3.05, 3.63) is 17.7 Å². The van der Waals surface area contributed by atoms with Crippen LogP contribution < -0.4 is 19.6 Å². The van der Waals surface area contributed by atoms with Crippen LogP contribution in [0, 0.1) is 5.92 Å². The molecule has 126 valence electrons. The summed E-state index contributed by atoms with van der Waals surface area (Å²) >= 11 is 0. The Bertz CT molecular complexity index is 566. The van der Waals surface area contributed by atoms with Gasteiger partial charge in [-0.05, 0) is 18.9 Å². The van der Waals surface area contributed by atoms with Crippen LogP contribution in [0.15, 0.2) is 17.2 Å². The molecule has 1 saturated carbocycles. The predicted molar refractivity (Wildman–Crippen MR) is 88.4 cm³/mol. The van der Waals surface area contributed by atoms with E-state index in [1.54, 1.807) is 39.7 Å². The van der Waals surface area contributed by atoms with Gasteiger partial charge in [0.1, 0.15) is 5.75 Å². The van der Waals surface area contributed by atoms with Crippen molar-refractivity contribution < 1.29 is 19.0 Å². The first-order chi connectivity index (χ1) is 11.2. The van der Waals surface area contributed by atoms with E-state index in [0.717, 1.165) is 25.7 Å². The van der Waals surface area contributed by atoms with E-state index in [9.17, 15) is 4.79 Å². The first kappa shape index (κ1) is 17.1. The van der Waals surface area contributed by atoms with E-state index in [2.05, 4.69) is 10.5 Å². The molecule has 6 nitrogen and oxygen atoms in total. The topological polar surface area (TPSA) is 69.2 Å². The van der Waals surface area contributed by atoms with E-state index in [-0.39, 0.29) is 11.8 Å². The molecule has 2 rings (SSSR count). The van der Waals surface area contributed by atoms with Crippen molar-refractivity contribution in [3.8, 4) is 17.2 Å². The maximum atomic E-state index is 12.1. The van der Waals surface area contributed by atoms with Crippen molar-refractivity contribution >= 4 is 12.1 Å². The van der Waals surface area contributed by atoms with E-state index in [0.29, 0.717) is 22.8 Å². The maximum absolute atomic E-state index is 12.1. The van der Waals surface area contributed by atoms with Crippen LogP contribution in [0.3, 0.4) is 0 Å². The highest BCUT2D eigenvalue weighted by molar-refractivity contribution is 5.87. The van der Waals surface area contributed by atoms with Gasteiger partial charge in [-0.25, -0.2) is 5.43 Å². The maximum Gasteiger partial charge on any atom is 0.243 e. The van der Waals surface area contributed by atoms with Crippen molar-refractivity contribution in [2.24, 2.45) is 11.0 Å². The number of hydrogen-bond donors (Lipinski definition) is 1. The number of ether oxygens (including phenoxy) is 3. The van der Waals surface area contributed by atoms with Crippen molar-refractivity contribution in [1.82, 2.24) is 5.43 Å². The number of carbonyl (C=O) groups is 1. The van der Waals surface area contributed by atoms with E-state index in [1.807, 2.05) is 0 Å². The van der Waals surface area contributed by atoms with Crippen molar-refractivity contribution in [2.45, 2.75) is 32.1 Å². The Kier molecular flexibility index (Phi) is 6.26. The Labute approximate surface area is 136 Å². The summed E-state index contributed by atoms with van der Waals surface area (Å²) in [5.74, 6) is 1.81. The zero-order valence-electron chi connectivity index (χ0n) is 13.9. The molecule has 0 spiro atoms. The van der Waals surface area contributed by atoms with Crippen LogP contribution in [-0.2, 0) is 4.79 Å². The van der Waals surface area contributed by atoms with Crippen LogP contribution in [-0.4, -0.2) is 33.5 Å². The highest BCUT2D eigenvalue weighted by atomic mass is 16.5. The third-order valence-electron chi connectivity index (χ3n) is 4.09. The standard InChI is InChI=1S/C17H24N2O4/c1-21-14-10-16(23-3)15(22-2)9-13(14)11-18-19-17(20)12-7-5-4-6-8-12/h9-12H,4-8H2,1-3H3,(H,19,20)/b18-11+. The molecule has 0 heterocycles. The molecule has 0 aliphatic heterocycles. The average molecular weight is 320 g/mol. The van der Waals surface area contributed by atoms with Crippen molar-refractivity contribution in [2.75, 3.05) is 21.3 Å². The molecule has 0 bridgehead atoms. The number of benzene rings is 1. The van der Waals surface area contributed by atoms with Gasteiger partial charge < -0.3 is 14.2 Å². The molecule has 1 aromatic carbocycles. The Morgan fingerprint density at radius 2 is 1.65 bits per heavy atom. The van der Waals surface area contributed by atoms with Crippen LogP contribution in [0.1, 0.15) is 37.7 Å². The molecule has 23 heavy (non-hydrogen) atoms. The van der Waals surface area contributed by atoms with Crippen LogP contribution in [0.5, 0.6) is 17.2 Å². The van der Waals surface area contributed by atoms with Gasteiger partial charge in [0, 0.05) is 17.5 Å². The molecule has 1 fully saturated rings. The van der Waals surface area contributed by atoms with Gasteiger partial charge in [-0.2, -0.15) is 5.10 Å². The minimum atomic E-state index is -0.0135. The molecule has 1 aromatic rings. The minimum absolute atomic E-state index is 0.0135. The number of methoxy groups -OCH3 is 3. The van der Waals surface area contributed by atoms with E-state index in [1.165, 1.54) is 6.42 Å². The summed E-state index contributed by atoms with van der Waals surface area (Å²) in [5, 5.41) is 4.06. The SMILES string of the molecule is COc1cc(OC)c(OC)cc1/C=N/NC(=O)C1CCCCC1. The average Bonchev–Trinajstić information content (AvgIpc) is 2.61. The Hall–Kier alpha value is -2.24. The normalized spacial score (nSPS) is 15.4. The van der Waals surface area contributed by atoms with Crippen LogP contribution >= 0.6 is 0 Å². The summed E-state index contributed by atoms with van der Waals surface area (Å²) in [5.41, 5.74) is 3.32. The van der Waals surface area contributed by atoms with Gasteiger partial charge in [-0.15, -0.1) is 0 Å². The molecule has 1 aliphatic carbocycles. The Morgan fingerprint density at radius 3 is 2.26 bits per heavy atom. The third kappa shape index (κ3) is 4.37. The second kappa shape index (κ2) is 8.41. The third-order valence-corrected chi connectivity index (χ3v) is 4.09. The molecule has 1 N–H and O–H groups in total. The summed E-state index contributed by atoms with van der Waals surface area (Å²) in [4.78, 5) is 12.1. The number of nitrogens with one attached hydrogen (secondary N) is 1. The Balaban J connectivity index is 2.07. The molecule has 0 unspecified atom stereocenters. The van der Waals surface area contributed by atoms with Gasteiger partial charge in [0.15, 0.2) is 11.5 Å². The van der Waals surface area contributed by atoms with Gasteiger partial charge >= 0.3 is 0 Å². The number of hydrogen-bond acceptors (Lipinski definition) is 5. The molecule has 0 aromatic heterocycles. The molecule has 0 saturated heterocycles. The van der Waals surface area contributed by atoms with Crippen LogP contribution in [0.25, 0.3) is 0 Å². The summed E-state index contributed by atoms with van der Waals surface area (Å²) in [6.07, 6.45) is 6.90. The lowest BCUT2D eigenvalue weighted by Gasteiger charge is -2.19. The second-order valence-electron chi connectivity index (χ2n) is 5.52. The van der Waals surface area contributed by atoms with Gasteiger partial charge in [0.2, 0.25) is 5.91 Å². The number of rotatable bonds is 6. The highest BCUT2D eigenvalue weighted by Gasteiger charge is 2.20. The molecular weight excluding hydrogens is 296 g/mol. The van der Waals surface area contributed by atoms with Gasteiger partial charge in [-0.3, -0.25) is 4.79 Å². The van der Waals surface area contributed by atoms with Crippen LogP contribution in [0.2, 0.25) is 0 Å². The summed E-state index contributed by atoms with van der Waals surface area (Å²) in [6, 6.07) is 3.48. The van der Waals surface area contributed by atoms with E-state index in [4.69, 9.17) is 14.2 Å². The summed E-state index contributed by atoms with van der Waals surface area (Å²) < 4.78 is 15.8. The molecular formula is C17H24N2O4. The lowest BCUT2D eigenvalue weighted by atomic mass is 9.89. The molecule has 1 amide bonds. The number of amides is 1. The van der Waals surface area contributed by atoms with Crippen molar-refractivity contribution in [3.63, 3.8) is 0 Å². The smallest absolute Gasteiger partial charge is 0.243 e. The monoisotopic (exact) mass is 320 g/mol. The molecule has 0 atom stereocenters. The lowest BCUT2D eigenvalue weighted by Crippen LogP contribution is -2.28. The largest absolute Gasteiger partial charge is 0.496 e. The minimum Gasteiger partial charge on any atom is -0.496 e. The fraction of sp³-hybridized carbons (Fsp3) is 0.529.